The predicted molar refractivity (Wildman–Crippen MR) is 105 cm³/mol. The summed E-state index contributed by atoms with van der Waals surface area (Å²) in [7, 11) is 3.77. The fraction of sp³-hybridized carbons (Fsp3) is 0.588. The Morgan fingerprint density at radius 3 is 2.88 bits per heavy atom. The largest absolute Gasteiger partial charge is 0.486 e. The molecule has 0 aliphatic carbocycles. The van der Waals surface area contributed by atoms with Crippen LogP contribution in [0.3, 0.4) is 0 Å². The summed E-state index contributed by atoms with van der Waals surface area (Å²) in [5.41, 5.74) is 0. The summed E-state index contributed by atoms with van der Waals surface area (Å²) in [5, 5.41) is 3.27. The Balaban J connectivity index is 0.00000288. The summed E-state index contributed by atoms with van der Waals surface area (Å²) >= 11 is 0. The van der Waals surface area contributed by atoms with E-state index in [1.807, 2.05) is 14.0 Å². The highest BCUT2D eigenvalue weighted by Gasteiger charge is 2.19. The first-order valence-electron chi connectivity index (χ1n) is 8.01. The molecule has 136 valence electrons. The van der Waals surface area contributed by atoms with E-state index in [4.69, 9.17) is 9.47 Å². The third-order valence-electron chi connectivity index (χ3n) is 3.84. The van der Waals surface area contributed by atoms with Crippen LogP contribution in [0.1, 0.15) is 13.3 Å². The van der Waals surface area contributed by atoms with E-state index >= 15 is 0 Å². The lowest BCUT2D eigenvalue weighted by atomic mass is 10.1. The highest BCUT2D eigenvalue weighted by molar-refractivity contribution is 14.0. The Morgan fingerprint density at radius 2 is 2.25 bits per heavy atom. The minimum absolute atomic E-state index is 0. The van der Waals surface area contributed by atoms with Gasteiger partial charge in [-0.05, 0) is 25.5 Å². The number of rotatable bonds is 6. The smallest absolute Gasteiger partial charge is 0.193 e. The zero-order valence-electron chi connectivity index (χ0n) is 14.5. The number of nitrogens with one attached hydrogen (secondary N) is 1. The molecule has 2 unspecified atom stereocenters. The summed E-state index contributed by atoms with van der Waals surface area (Å²) in [6.07, 6.45) is 0.917. The van der Waals surface area contributed by atoms with Crippen molar-refractivity contribution < 1.29 is 13.9 Å². The zero-order chi connectivity index (χ0) is 16.7. The number of nitrogens with zero attached hydrogens (tertiary/aromatic N) is 2. The van der Waals surface area contributed by atoms with Crippen LogP contribution in [0.5, 0.6) is 5.75 Å². The maximum atomic E-state index is 13.6. The van der Waals surface area contributed by atoms with E-state index in [-0.39, 0.29) is 41.6 Å². The van der Waals surface area contributed by atoms with Gasteiger partial charge >= 0.3 is 0 Å². The monoisotopic (exact) mass is 451 g/mol. The van der Waals surface area contributed by atoms with Crippen LogP contribution in [0, 0.1) is 11.7 Å². The Bertz CT molecular complexity index is 524. The number of hydrogen-bond donors (Lipinski definition) is 1. The molecule has 1 aliphatic heterocycles. The molecule has 0 aromatic heterocycles. The van der Waals surface area contributed by atoms with Gasteiger partial charge in [0.1, 0.15) is 6.10 Å². The molecule has 0 radical (unpaired) electrons. The fourth-order valence-corrected chi connectivity index (χ4v) is 2.62. The van der Waals surface area contributed by atoms with Crippen molar-refractivity contribution in [3.8, 4) is 5.75 Å². The average molecular weight is 451 g/mol. The molecule has 1 fully saturated rings. The summed E-state index contributed by atoms with van der Waals surface area (Å²) in [6, 6.07) is 6.43. The summed E-state index contributed by atoms with van der Waals surface area (Å²) < 4.78 is 24.6. The van der Waals surface area contributed by atoms with Crippen LogP contribution in [0.15, 0.2) is 29.3 Å². The second kappa shape index (κ2) is 10.7. The summed E-state index contributed by atoms with van der Waals surface area (Å²) in [4.78, 5) is 6.38. The Hall–Kier alpha value is -1.09. The van der Waals surface area contributed by atoms with Gasteiger partial charge in [0.15, 0.2) is 17.5 Å². The normalized spacial score (nSPS) is 18.7. The lowest BCUT2D eigenvalue weighted by Gasteiger charge is -2.25. The van der Waals surface area contributed by atoms with Crippen molar-refractivity contribution in [1.29, 1.82) is 0 Å². The number of hydrogen-bond acceptors (Lipinski definition) is 3. The Morgan fingerprint density at radius 1 is 1.50 bits per heavy atom. The van der Waals surface area contributed by atoms with Crippen molar-refractivity contribution in [2.24, 2.45) is 10.9 Å². The van der Waals surface area contributed by atoms with Gasteiger partial charge in [-0.1, -0.05) is 12.1 Å². The van der Waals surface area contributed by atoms with E-state index in [2.05, 4.69) is 15.2 Å². The van der Waals surface area contributed by atoms with E-state index in [0.29, 0.717) is 12.5 Å². The van der Waals surface area contributed by atoms with Crippen molar-refractivity contribution in [2.45, 2.75) is 19.4 Å². The van der Waals surface area contributed by atoms with Gasteiger partial charge in [0.25, 0.3) is 0 Å². The lowest BCUT2D eigenvalue weighted by Crippen LogP contribution is -2.44. The number of aliphatic imine (C=N–C) groups is 1. The van der Waals surface area contributed by atoms with Gasteiger partial charge in [0.05, 0.1) is 13.2 Å². The molecule has 2 rings (SSSR count). The molecule has 0 saturated carbocycles. The molecule has 5 nitrogen and oxygen atoms in total. The molecular weight excluding hydrogens is 424 g/mol. The topological polar surface area (TPSA) is 46.1 Å². The Kier molecular flexibility index (Phi) is 9.35. The predicted octanol–water partition coefficient (Wildman–Crippen LogP) is 2.75. The molecule has 1 saturated heterocycles. The van der Waals surface area contributed by atoms with Crippen LogP contribution in [0.25, 0.3) is 0 Å². The van der Waals surface area contributed by atoms with Crippen LogP contribution < -0.4 is 10.1 Å². The van der Waals surface area contributed by atoms with Crippen LogP contribution in [0.4, 0.5) is 4.39 Å². The average Bonchev–Trinajstić information content (AvgIpc) is 3.03. The maximum absolute atomic E-state index is 13.6. The van der Waals surface area contributed by atoms with E-state index in [1.165, 1.54) is 6.07 Å². The van der Waals surface area contributed by atoms with Gasteiger partial charge in [-0.25, -0.2) is 4.39 Å². The van der Waals surface area contributed by atoms with Crippen molar-refractivity contribution in [3.63, 3.8) is 0 Å². The van der Waals surface area contributed by atoms with Gasteiger partial charge in [-0.2, -0.15) is 0 Å². The molecule has 7 heteroatoms. The van der Waals surface area contributed by atoms with Gasteiger partial charge < -0.3 is 19.7 Å². The molecular formula is C17H27FIN3O2. The van der Waals surface area contributed by atoms with Gasteiger partial charge in [-0.3, -0.25) is 4.99 Å². The second-order valence-electron chi connectivity index (χ2n) is 5.90. The third-order valence-corrected chi connectivity index (χ3v) is 3.84. The van der Waals surface area contributed by atoms with Crippen LogP contribution >= 0.6 is 24.0 Å². The molecule has 24 heavy (non-hydrogen) atoms. The van der Waals surface area contributed by atoms with Crippen molar-refractivity contribution in [1.82, 2.24) is 10.2 Å². The fourth-order valence-electron chi connectivity index (χ4n) is 2.62. The van der Waals surface area contributed by atoms with E-state index < -0.39 is 0 Å². The number of ether oxygens (including phenoxy) is 2. The minimum Gasteiger partial charge on any atom is -0.486 e. The molecule has 1 N–H and O–H groups in total. The van der Waals surface area contributed by atoms with Gasteiger partial charge in [0.2, 0.25) is 0 Å². The number of para-hydroxylation sites is 1. The first-order valence-corrected chi connectivity index (χ1v) is 8.01. The molecule has 2 atom stereocenters. The Labute approximate surface area is 160 Å². The molecule has 0 amide bonds. The van der Waals surface area contributed by atoms with Crippen LogP contribution in [-0.2, 0) is 4.74 Å². The zero-order valence-corrected chi connectivity index (χ0v) is 16.8. The number of benzene rings is 1. The third kappa shape index (κ3) is 6.43. The second-order valence-corrected chi connectivity index (χ2v) is 5.90. The summed E-state index contributed by atoms with van der Waals surface area (Å²) in [6.45, 7) is 5.01. The van der Waals surface area contributed by atoms with Crippen LogP contribution in [0.2, 0.25) is 0 Å². The van der Waals surface area contributed by atoms with E-state index in [0.717, 1.165) is 32.1 Å². The highest BCUT2D eigenvalue weighted by atomic mass is 127. The van der Waals surface area contributed by atoms with E-state index in [9.17, 15) is 4.39 Å². The molecule has 0 spiro atoms. The van der Waals surface area contributed by atoms with Crippen LogP contribution in [-0.4, -0.2) is 57.4 Å². The standard InChI is InChI=1S/C17H26FN3O2.HI/c1-13(23-16-7-5-4-6-15(16)18)10-20-17(19-2)21(3)11-14-8-9-22-12-14;/h4-7,13-14H,8-12H2,1-3H3,(H,19,20);1H. The number of guanidine groups is 1. The van der Waals surface area contributed by atoms with E-state index in [1.54, 1.807) is 25.2 Å². The first kappa shape index (κ1) is 21.0. The summed E-state index contributed by atoms with van der Waals surface area (Å²) in [5.74, 6) is 1.28. The van der Waals surface area contributed by atoms with Crippen molar-refractivity contribution in [3.05, 3.63) is 30.1 Å². The maximum Gasteiger partial charge on any atom is 0.193 e. The molecule has 1 aliphatic rings. The van der Waals surface area contributed by atoms with Crippen molar-refractivity contribution >= 4 is 29.9 Å². The quantitative estimate of drug-likeness (QED) is 0.411. The SMILES string of the molecule is CN=C(NCC(C)Oc1ccccc1F)N(C)CC1CCOC1.I. The minimum atomic E-state index is -0.345. The first-order chi connectivity index (χ1) is 11.1. The molecule has 1 aromatic carbocycles. The molecule has 0 bridgehead atoms. The number of halogens is 2. The van der Waals surface area contributed by atoms with Gasteiger partial charge in [0, 0.05) is 33.2 Å². The lowest BCUT2D eigenvalue weighted by molar-refractivity contribution is 0.180. The van der Waals surface area contributed by atoms with Crippen molar-refractivity contribution in [2.75, 3.05) is 40.4 Å². The molecule has 1 heterocycles. The van der Waals surface area contributed by atoms with Gasteiger partial charge in [-0.15, -0.1) is 24.0 Å². The highest BCUT2D eigenvalue weighted by Crippen LogP contribution is 2.17. The molecule has 1 aromatic rings.